The summed E-state index contributed by atoms with van der Waals surface area (Å²) in [6, 6.07) is 14.0. The number of unbranched alkanes of at least 4 members (excludes halogenated alkanes) is 1. The number of benzene rings is 2. The lowest BCUT2D eigenvalue weighted by molar-refractivity contribution is -0.143. The zero-order chi connectivity index (χ0) is 18.2. The first-order chi connectivity index (χ1) is 12.1. The maximum Gasteiger partial charge on any atom is 0.328 e. The molecule has 3 N–H and O–H groups in total. The van der Waals surface area contributed by atoms with Gasteiger partial charge in [-0.3, -0.25) is 4.79 Å². The molecule has 0 aromatic heterocycles. The summed E-state index contributed by atoms with van der Waals surface area (Å²) in [5.41, 5.74) is 8.57. The number of methoxy groups -OCH3 is 1. The monoisotopic (exact) mass is 340 g/mol. The topological polar surface area (TPSA) is 81.4 Å². The van der Waals surface area contributed by atoms with Crippen molar-refractivity contribution in [3.05, 3.63) is 54.1 Å². The summed E-state index contributed by atoms with van der Waals surface area (Å²) in [5.74, 6) is -0.746. The van der Waals surface area contributed by atoms with Gasteiger partial charge in [-0.15, -0.1) is 0 Å². The first-order valence-electron chi connectivity index (χ1n) is 8.40. The molecular weight excluding hydrogens is 316 g/mol. The fourth-order valence-corrected chi connectivity index (χ4v) is 2.65. The number of carbonyl (C=O) groups excluding carboxylic acids is 2. The van der Waals surface area contributed by atoms with Crippen molar-refractivity contribution in [1.29, 1.82) is 0 Å². The van der Waals surface area contributed by atoms with Crippen molar-refractivity contribution < 1.29 is 14.3 Å². The molecule has 0 fully saturated rings. The summed E-state index contributed by atoms with van der Waals surface area (Å²) < 4.78 is 4.81. The number of esters is 1. The van der Waals surface area contributed by atoms with Gasteiger partial charge in [-0.05, 0) is 35.7 Å². The van der Waals surface area contributed by atoms with Crippen molar-refractivity contribution in [1.82, 2.24) is 5.32 Å². The largest absolute Gasteiger partial charge is 0.467 e. The van der Waals surface area contributed by atoms with Crippen molar-refractivity contribution in [2.45, 2.75) is 32.2 Å². The molecule has 0 spiro atoms. The van der Waals surface area contributed by atoms with Crippen LogP contribution in [0.3, 0.4) is 0 Å². The molecule has 2 aromatic carbocycles. The molecular formula is C20H24N2O3. The van der Waals surface area contributed by atoms with Gasteiger partial charge in [-0.25, -0.2) is 4.79 Å². The van der Waals surface area contributed by atoms with E-state index in [9.17, 15) is 9.59 Å². The first-order valence-corrected chi connectivity index (χ1v) is 8.40. The van der Waals surface area contributed by atoms with E-state index in [-0.39, 0.29) is 5.91 Å². The molecule has 0 saturated carbocycles. The van der Waals surface area contributed by atoms with E-state index in [1.165, 1.54) is 7.11 Å². The average Bonchev–Trinajstić information content (AvgIpc) is 2.64. The number of hydrogen-bond acceptors (Lipinski definition) is 4. The van der Waals surface area contributed by atoms with E-state index in [0.29, 0.717) is 17.7 Å². The van der Waals surface area contributed by atoms with Crippen molar-refractivity contribution in [2.24, 2.45) is 0 Å². The third-order valence-electron chi connectivity index (χ3n) is 4.01. The molecule has 0 heterocycles. The highest BCUT2D eigenvalue weighted by molar-refractivity contribution is 6.03. The minimum absolute atomic E-state index is 0.314. The van der Waals surface area contributed by atoms with E-state index in [2.05, 4.69) is 5.32 Å². The van der Waals surface area contributed by atoms with Gasteiger partial charge in [0.05, 0.1) is 7.11 Å². The van der Waals surface area contributed by atoms with Crippen LogP contribution in [0.25, 0.3) is 11.1 Å². The van der Waals surface area contributed by atoms with E-state index in [1.54, 1.807) is 18.2 Å². The van der Waals surface area contributed by atoms with Crippen LogP contribution in [0.1, 0.15) is 36.5 Å². The quantitative estimate of drug-likeness (QED) is 0.598. The number of carbonyl (C=O) groups is 2. The first kappa shape index (κ1) is 18.5. The Labute approximate surface area is 148 Å². The number of nitrogens with two attached hydrogens (primary N) is 1. The Morgan fingerprint density at radius 3 is 2.52 bits per heavy atom. The molecule has 1 atom stereocenters. The number of hydrogen-bond donors (Lipinski definition) is 2. The lowest BCUT2D eigenvalue weighted by atomic mass is 9.98. The van der Waals surface area contributed by atoms with Gasteiger partial charge in [-0.2, -0.15) is 0 Å². The molecule has 2 rings (SSSR count). The number of nitrogen functional groups attached to an aromatic ring is 1. The molecule has 132 valence electrons. The third kappa shape index (κ3) is 4.83. The predicted molar refractivity (Wildman–Crippen MR) is 99.1 cm³/mol. The predicted octanol–water partition coefficient (Wildman–Crippen LogP) is 3.40. The zero-order valence-electron chi connectivity index (χ0n) is 14.6. The van der Waals surface area contributed by atoms with Gasteiger partial charge in [0.2, 0.25) is 0 Å². The van der Waals surface area contributed by atoms with E-state index < -0.39 is 12.0 Å². The Kier molecular flexibility index (Phi) is 6.57. The SMILES string of the molecule is CCCCC(NC(=O)c1ccc(N)cc1-c1ccccc1)C(=O)OC. The molecule has 0 aliphatic rings. The average molecular weight is 340 g/mol. The Balaban J connectivity index is 2.30. The molecule has 0 aliphatic heterocycles. The lowest BCUT2D eigenvalue weighted by Gasteiger charge is -2.18. The molecule has 1 unspecified atom stereocenters. The minimum atomic E-state index is -0.654. The molecule has 0 aliphatic carbocycles. The lowest BCUT2D eigenvalue weighted by Crippen LogP contribution is -2.41. The smallest absolute Gasteiger partial charge is 0.328 e. The van der Waals surface area contributed by atoms with Gasteiger partial charge in [0.25, 0.3) is 5.91 Å². The summed E-state index contributed by atoms with van der Waals surface area (Å²) in [6.45, 7) is 2.03. The third-order valence-corrected chi connectivity index (χ3v) is 4.01. The molecule has 5 nitrogen and oxygen atoms in total. The van der Waals surface area contributed by atoms with Gasteiger partial charge in [0.15, 0.2) is 0 Å². The summed E-state index contributed by atoms with van der Waals surface area (Å²) >= 11 is 0. The van der Waals surface area contributed by atoms with Crippen LogP contribution in [0, 0.1) is 0 Å². The van der Waals surface area contributed by atoms with Gasteiger partial charge < -0.3 is 15.8 Å². The summed E-state index contributed by atoms with van der Waals surface area (Å²) in [7, 11) is 1.33. The molecule has 2 aromatic rings. The van der Waals surface area contributed by atoms with Crippen LogP contribution in [0.15, 0.2) is 48.5 Å². The zero-order valence-corrected chi connectivity index (χ0v) is 14.6. The van der Waals surface area contributed by atoms with E-state index >= 15 is 0 Å². The Morgan fingerprint density at radius 2 is 1.88 bits per heavy atom. The van der Waals surface area contributed by atoms with Gasteiger partial charge in [0.1, 0.15) is 6.04 Å². The van der Waals surface area contributed by atoms with Crippen molar-refractivity contribution in [3.8, 4) is 11.1 Å². The number of nitrogens with one attached hydrogen (secondary N) is 1. The second kappa shape index (κ2) is 8.87. The van der Waals surface area contributed by atoms with Crippen LogP contribution in [-0.2, 0) is 9.53 Å². The standard InChI is InChI=1S/C20H24N2O3/c1-3-4-10-18(20(24)25-2)22-19(23)16-12-11-15(21)13-17(16)14-8-6-5-7-9-14/h5-9,11-13,18H,3-4,10,21H2,1-2H3,(H,22,23). The molecule has 1 amide bonds. The van der Waals surface area contributed by atoms with Crippen molar-refractivity contribution >= 4 is 17.6 Å². The molecule has 5 heteroatoms. The van der Waals surface area contributed by atoms with Crippen LogP contribution >= 0.6 is 0 Å². The van der Waals surface area contributed by atoms with Crippen LogP contribution in [0.5, 0.6) is 0 Å². The van der Waals surface area contributed by atoms with E-state index in [0.717, 1.165) is 24.0 Å². The Bertz CT molecular complexity index is 729. The molecule has 25 heavy (non-hydrogen) atoms. The number of amides is 1. The summed E-state index contributed by atoms with van der Waals surface area (Å²) in [4.78, 5) is 24.7. The Morgan fingerprint density at radius 1 is 1.16 bits per heavy atom. The van der Waals surface area contributed by atoms with Crippen LogP contribution in [-0.4, -0.2) is 25.0 Å². The van der Waals surface area contributed by atoms with Crippen molar-refractivity contribution in [2.75, 3.05) is 12.8 Å². The molecule has 0 radical (unpaired) electrons. The fraction of sp³-hybridized carbons (Fsp3) is 0.300. The number of rotatable bonds is 7. The van der Waals surface area contributed by atoms with Gasteiger partial charge >= 0.3 is 5.97 Å². The minimum Gasteiger partial charge on any atom is -0.467 e. The maximum atomic E-state index is 12.8. The maximum absolute atomic E-state index is 12.8. The van der Waals surface area contributed by atoms with Gasteiger partial charge in [0, 0.05) is 11.3 Å². The van der Waals surface area contributed by atoms with Crippen LogP contribution in [0.4, 0.5) is 5.69 Å². The fourth-order valence-electron chi connectivity index (χ4n) is 2.65. The normalized spacial score (nSPS) is 11.6. The summed E-state index contributed by atoms with van der Waals surface area (Å²) in [5, 5.41) is 2.79. The van der Waals surface area contributed by atoms with Crippen molar-refractivity contribution in [3.63, 3.8) is 0 Å². The summed E-state index contributed by atoms with van der Waals surface area (Å²) in [6.07, 6.45) is 2.30. The number of anilines is 1. The second-order valence-electron chi connectivity index (χ2n) is 5.86. The molecule has 0 bridgehead atoms. The molecule has 0 saturated heterocycles. The highest BCUT2D eigenvalue weighted by Crippen LogP contribution is 2.26. The highest BCUT2D eigenvalue weighted by Gasteiger charge is 2.23. The van der Waals surface area contributed by atoms with E-state index in [4.69, 9.17) is 10.5 Å². The number of ether oxygens (including phenoxy) is 1. The highest BCUT2D eigenvalue weighted by atomic mass is 16.5. The van der Waals surface area contributed by atoms with Gasteiger partial charge in [-0.1, -0.05) is 50.1 Å². The van der Waals surface area contributed by atoms with E-state index in [1.807, 2.05) is 37.3 Å². The second-order valence-corrected chi connectivity index (χ2v) is 5.86. The van der Waals surface area contributed by atoms with Crippen LogP contribution in [0.2, 0.25) is 0 Å². The van der Waals surface area contributed by atoms with Crippen LogP contribution < -0.4 is 11.1 Å². The Hall–Kier alpha value is -2.82.